The topological polar surface area (TPSA) is 59.8 Å². The molecule has 1 aromatic carbocycles. The molecule has 0 bridgehead atoms. The van der Waals surface area contributed by atoms with Crippen molar-refractivity contribution < 1.29 is 9.18 Å². The van der Waals surface area contributed by atoms with Crippen LogP contribution in [0.25, 0.3) is 22.3 Å². The van der Waals surface area contributed by atoms with Gasteiger partial charge in [0, 0.05) is 17.5 Å². The fourth-order valence-corrected chi connectivity index (χ4v) is 3.43. The number of aryl methyl sites for hydroxylation is 1. The van der Waals surface area contributed by atoms with Crippen molar-refractivity contribution in [1.29, 1.82) is 0 Å². The van der Waals surface area contributed by atoms with Crippen LogP contribution in [0.2, 0.25) is 0 Å². The minimum Gasteiger partial charge on any atom is -0.347 e. The molecule has 26 heavy (non-hydrogen) atoms. The fraction of sp³-hybridized carbons (Fsp3) is 0.105. The number of rotatable bonds is 4. The Kier molecular flexibility index (Phi) is 4.22. The zero-order valence-corrected chi connectivity index (χ0v) is 14.8. The molecule has 0 fully saturated rings. The smallest absolute Gasteiger partial charge is 0.252 e. The molecule has 0 spiro atoms. The number of nitrogens with one attached hydrogen (secondary N) is 1. The zero-order chi connectivity index (χ0) is 18.1. The molecule has 3 heterocycles. The second-order valence-corrected chi connectivity index (χ2v) is 6.83. The van der Waals surface area contributed by atoms with Gasteiger partial charge in [0.1, 0.15) is 5.82 Å². The van der Waals surface area contributed by atoms with Crippen molar-refractivity contribution in [2.75, 3.05) is 0 Å². The van der Waals surface area contributed by atoms with Crippen LogP contribution in [0.3, 0.4) is 0 Å². The number of nitrogens with zero attached hydrogens (tertiary/aromatic N) is 3. The molecule has 7 heteroatoms. The first-order chi connectivity index (χ1) is 12.6. The van der Waals surface area contributed by atoms with Gasteiger partial charge in [-0.1, -0.05) is 18.2 Å². The highest BCUT2D eigenvalue weighted by atomic mass is 32.1. The number of pyridine rings is 1. The molecule has 3 aromatic heterocycles. The van der Waals surface area contributed by atoms with Crippen LogP contribution in [0.15, 0.2) is 54.0 Å². The summed E-state index contributed by atoms with van der Waals surface area (Å²) >= 11 is 1.58. The molecule has 130 valence electrons. The first kappa shape index (κ1) is 16.4. The second kappa shape index (κ2) is 6.68. The van der Waals surface area contributed by atoms with E-state index in [2.05, 4.69) is 15.4 Å². The van der Waals surface area contributed by atoms with Gasteiger partial charge in [-0.2, -0.15) is 5.10 Å². The molecule has 1 N–H and O–H groups in total. The molecule has 4 aromatic rings. The van der Waals surface area contributed by atoms with Crippen LogP contribution in [-0.4, -0.2) is 20.7 Å². The predicted octanol–water partition coefficient (Wildman–Crippen LogP) is 3.77. The van der Waals surface area contributed by atoms with Crippen LogP contribution in [-0.2, 0) is 13.6 Å². The number of hydrogen-bond donors (Lipinski definition) is 1. The molecule has 4 rings (SSSR count). The van der Waals surface area contributed by atoms with E-state index in [0.717, 1.165) is 4.88 Å². The van der Waals surface area contributed by atoms with Crippen LogP contribution in [0.1, 0.15) is 15.2 Å². The summed E-state index contributed by atoms with van der Waals surface area (Å²) in [4.78, 5) is 18.3. The van der Waals surface area contributed by atoms with Gasteiger partial charge >= 0.3 is 0 Å². The quantitative estimate of drug-likeness (QED) is 0.598. The predicted molar refractivity (Wildman–Crippen MR) is 99.4 cm³/mol. The third-order valence-electron chi connectivity index (χ3n) is 4.10. The normalized spacial score (nSPS) is 11.0. The van der Waals surface area contributed by atoms with Crippen LogP contribution in [0.4, 0.5) is 4.39 Å². The van der Waals surface area contributed by atoms with Gasteiger partial charge in [0.2, 0.25) is 0 Å². The number of carbonyl (C=O) groups is 1. The van der Waals surface area contributed by atoms with Gasteiger partial charge in [0.25, 0.3) is 5.91 Å². The first-order valence-corrected chi connectivity index (χ1v) is 8.89. The number of halogens is 1. The monoisotopic (exact) mass is 366 g/mol. The Morgan fingerprint density at radius 1 is 1.27 bits per heavy atom. The van der Waals surface area contributed by atoms with Crippen molar-refractivity contribution in [3.63, 3.8) is 0 Å². The third kappa shape index (κ3) is 2.97. The Morgan fingerprint density at radius 2 is 2.12 bits per heavy atom. The third-order valence-corrected chi connectivity index (χ3v) is 4.98. The van der Waals surface area contributed by atoms with Gasteiger partial charge in [-0.05, 0) is 29.6 Å². The fourth-order valence-electron chi connectivity index (χ4n) is 2.79. The number of aromatic nitrogens is 3. The van der Waals surface area contributed by atoms with Gasteiger partial charge in [-0.15, -0.1) is 11.3 Å². The molecule has 0 aliphatic heterocycles. The van der Waals surface area contributed by atoms with E-state index in [0.29, 0.717) is 34.4 Å². The average Bonchev–Trinajstić information content (AvgIpc) is 3.30. The first-order valence-electron chi connectivity index (χ1n) is 8.01. The summed E-state index contributed by atoms with van der Waals surface area (Å²) < 4.78 is 15.8. The van der Waals surface area contributed by atoms with Crippen LogP contribution in [0.5, 0.6) is 0 Å². The van der Waals surface area contributed by atoms with E-state index in [4.69, 9.17) is 0 Å². The van der Waals surface area contributed by atoms with E-state index in [9.17, 15) is 9.18 Å². The van der Waals surface area contributed by atoms with Crippen LogP contribution < -0.4 is 5.32 Å². The van der Waals surface area contributed by atoms with Crippen molar-refractivity contribution in [2.45, 2.75) is 6.54 Å². The molecular formula is C19H15FN4OS. The van der Waals surface area contributed by atoms with Crippen molar-refractivity contribution in [3.05, 3.63) is 70.3 Å². The lowest BCUT2D eigenvalue weighted by Crippen LogP contribution is -2.22. The lowest BCUT2D eigenvalue weighted by Gasteiger charge is -2.09. The number of amides is 1. The van der Waals surface area contributed by atoms with Gasteiger partial charge in [0.05, 0.1) is 29.4 Å². The molecule has 0 aliphatic carbocycles. The molecular weight excluding hydrogens is 351 g/mol. The highest BCUT2D eigenvalue weighted by molar-refractivity contribution is 7.09. The minimum atomic E-state index is -0.383. The molecule has 0 aliphatic rings. The Morgan fingerprint density at radius 3 is 2.88 bits per heavy atom. The Balaban J connectivity index is 1.78. The summed E-state index contributed by atoms with van der Waals surface area (Å²) in [7, 11) is 1.74. The maximum absolute atomic E-state index is 14.2. The minimum absolute atomic E-state index is 0.239. The summed E-state index contributed by atoms with van der Waals surface area (Å²) in [5.41, 5.74) is 1.72. The Bertz CT molecular complexity index is 1090. The van der Waals surface area contributed by atoms with Crippen molar-refractivity contribution >= 4 is 28.3 Å². The van der Waals surface area contributed by atoms with Crippen LogP contribution in [0, 0.1) is 5.82 Å². The van der Waals surface area contributed by atoms with Crippen LogP contribution >= 0.6 is 11.3 Å². The van der Waals surface area contributed by atoms with Gasteiger partial charge in [-0.3, -0.25) is 9.48 Å². The summed E-state index contributed by atoms with van der Waals surface area (Å²) in [6.45, 7) is 0.440. The average molecular weight is 366 g/mol. The molecule has 0 saturated heterocycles. The van der Waals surface area contributed by atoms with E-state index in [1.54, 1.807) is 53.5 Å². The molecule has 0 atom stereocenters. The zero-order valence-electron chi connectivity index (χ0n) is 13.9. The summed E-state index contributed by atoms with van der Waals surface area (Å²) in [6, 6.07) is 11.9. The van der Waals surface area contributed by atoms with Crippen molar-refractivity contribution in [2.24, 2.45) is 7.05 Å². The lowest BCUT2D eigenvalue weighted by atomic mass is 10.1. The van der Waals surface area contributed by atoms with E-state index < -0.39 is 0 Å². The number of thiophene rings is 1. The molecule has 5 nitrogen and oxygen atoms in total. The lowest BCUT2D eigenvalue weighted by molar-refractivity contribution is 0.0953. The molecule has 0 radical (unpaired) electrons. The summed E-state index contributed by atoms with van der Waals surface area (Å²) in [5.74, 6) is -0.622. The van der Waals surface area contributed by atoms with Gasteiger partial charge < -0.3 is 5.32 Å². The number of carbonyl (C=O) groups excluding carboxylic acids is 1. The number of benzene rings is 1. The van der Waals surface area contributed by atoms with E-state index in [1.807, 2.05) is 17.5 Å². The second-order valence-electron chi connectivity index (χ2n) is 5.80. The SMILES string of the molecule is Cn1ncc2c(C(=O)NCc3cccs3)cc(-c3ccccc3F)nc21. The van der Waals surface area contributed by atoms with Gasteiger partial charge in [-0.25, -0.2) is 9.37 Å². The Labute approximate surface area is 153 Å². The Hall–Kier alpha value is -3.06. The highest BCUT2D eigenvalue weighted by Gasteiger charge is 2.18. The number of hydrogen-bond acceptors (Lipinski definition) is 4. The van der Waals surface area contributed by atoms with Crippen molar-refractivity contribution in [3.8, 4) is 11.3 Å². The number of fused-ring (bicyclic) bond motifs is 1. The highest BCUT2D eigenvalue weighted by Crippen LogP contribution is 2.26. The van der Waals surface area contributed by atoms with E-state index >= 15 is 0 Å². The van der Waals surface area contributed by atoms with Gasteiger partial charge in [0.15, 0.2) is 5.65 Å². The summed E-state index contributed by atoms with van der Waals surface area (Å²) in [5, 5.41) is 9.69. The largest absolute Gasteiger partial charge is 0.347 e. The van der Waals surface area contributed by atoms with Crippen molar-refractivity contribution in [1.82, 2.24) is 20.1 Å². The standard InChI is InChI=1S/C19H15FN4OS/c1-24-18-15(11-22-24)14(19(25)21-10-12-5-4-8-26-12)9-17(23-18)13-6-2-3-7-16(13)20/h2-9,11H,10H2,1H3,(H,21,25). The van der Waals surface area contributed by atoms with E-state index in [1.165, 1.54) is 6.07 Å². The molecule has 0 saturated carbocycles. The summed E-state index contributed by atoms with van der Waals surface area (Å²) in [6.07, 6.45) is 1.60. The van der Waals surface area contributed by atoms with E-state index in [-0.39, 0.29) is 11.7 Å². The maximum atomic E-state index is 14.2. The molecule has 0 unspecified atom stereocenters. The maximum Gasteiger partial charge on any atom is 0.252 e. The molecule has 1 amide bonds.